The van der Waals surface area contributed by atoms with E-state index in [1.54, 1.807) is 20.1 Å². The summed E-state index contributed by atoms with van der Waals surface area (Å²) >= 11 is 5.96. The van der Waals surface area contributed by atoms with E-state index in [0.29, 0.717) is 11.4 Å². The molecule has 0 fully saturated rings. The molecule has 0 spiro atoms. The summed E-state index contributed by atoms with van der Waals surface area (Å²) in [5, 5.41) is 9.88. The summed E-state index contributed by atoms with van der Waals surface area (Å²) < 4.78 is 5.13. The largest absolute Gasteiger partial charge is 0.496 e. The van der Waals surface area contributed by atoms with Gasteiger partial charge in [0.25, 0.3) is 0 Å². The van der Waals surface area contributed by atoms with Crippen LogP contribution in [0.5, 0.6) is 5.75 Å². The highest BCUT2D eigenvalue weighted by Gasteiger charge is 2.09. The molecule has 1 unspecified atom stereocenters. The SMILES string of the molecule is COc1cccc(Cl)c1CC(C)O. The van der Waals surface area contributed by atoms with Crippen LogP contribution in [0, 0.1) is 0 Å². The summed E-state index contributed by atoms with van der Waals surface area (Å²) in [5.41, 5.74) is 0.863. The number of aliphatic hydroxyl groups excluding tert-OH is 1. The zero-order valence-electron chi connectivity index (χ0n) is 7.75. The van der Waals surface area contributed by atoms with Gasteiger partial charge >= 0.3 is 0 Å². The van der Waals surface area contributed by atoms with Crippen molar-refractivity contribution in [2.75, 3.05) is 7.11 Å². The zero-order valence-corrected chi connectivity index (χ0v) is 8.51. The molecule has 0 radical (unpaired) electrons. The Balaban J connectivity index is 3.00. The van der Waals surface area contributed by atoms with Crippen LogP contribution in [0.15, 0.2) is 18.2 Å². The van der Waals surface area contributed by atoms with Crippen LogP contribution in [0.25, 0.3) is 0 Å². The van der Waals surface area contributed by atoms with E-state index in [4.69, 9.17) is 16.3 Å². The third kappa shape index (κ3) is 2.61. The second kappa shape index (κ2) is 4.49. The van der Waals surface area contributed by atoms with Gasteiger partial charge in [-0.15, -0.1) is 0 Å². The lowest BCUT2D eigenvalue weighted by molar-refractivity contribution is 0.194. The van der Waals surface area contributed by atoms with E-state index in [2.05, 4.69) is 0 Å². The topological polar surface area (TPSA) is 29.5 Å². The molecule has 72 valence electrons. The van der Waals surface area contributed by atoms with Crippen molar-refractivity contribution in [3.8, 4) is 5.75 Å². The summed E-state index contributed by atoms with van der Waals surface area (Å²) in [6.07, 6.45) is 0.108. The summed E-state index contributed by atoms with van der Waals surface area (Å²) in [4.78, 5) is 0. The van der Waals surface area contributed by atoms with E-state index >= 15 is 0 Å². The number of benzene rings is 1. The van der Waals surface area contributed by atoms with Crippen LogP contribution in [-0.2, 0) is 6.42 Å². The Kier molecular flexibility index (Phi) is 3.58. The molecule has 1 rings (SSSR count). The minimum Gasteiger partial charge on any atom is -0.496 e. The molecule has 0 aromatic heterocycles. The molecule has 0 bridgehead atoms. The number of rotatable bonds is 3. The maximum absolute atomic E-state index is 9.24. The Morgan fingerprint density at radius 2 is 2.23 bits per heavy atom. The highest BCUT2D eigenvalue weighted by Crippen LogP contribution is 2.27. The molecule has 1 N–H and O–H groups in total. The number of ether oxygens (including phenoxy) is 1. The first kappa shape index (κ1) is 10.4. The molecule has 0 saturated carbocycles. The smallest absolute Gasteiger partial charge is 0.123 e. The van der Waals surface area contributed by atoms with Crippen molar-refractivity contribution in [1.29, 1.82) is 0 Å². The highest BCUT2D eigenvalue weighted by molar-refractivity contribution is 6.31. The molecular formula is C10H13ClO2. The Labute approximate surface area is 83.1 Å². The molecule has 3 heteroatoms. The fourth-order valence-electron chi connectivity index (χ4n) is 1.22. The van der Waals surface area contributed by atoms with Crippen molar-refractivity contribution >= 4 is 11.6 Å². The molecule has 1 aromatic carbocycles. The van der Waals surface area contributed by atoms with Crippen molar-refractivity contribution in [3.63, 3.8) is 0 Å². The standard InChI is InChI=1S/C10H13ClO2/c1-7(12)6-8-9(11)4-3-5-10(8)13-2/h3-5,7,12H,6H2,1-2H3. The van der Waals surface area contributed by atoms with Crippen LogP contribution < -0.4 is 4.74 Å². The minimum atomic E-state index is -0.409. The van der Waals surface area contributed by atoms with Crippen molar-refractivity contribution in [2.24, 2.45) is 0 Å². The van der Waals surface area contributed by atoms with Gasteiger partial charge in [-0.05, 0) is 19.1 Å². The van der Waals surface area contributed by atoms with Gasteiger partial charge in [0.2, 0.25) is 0 Å². The molecule has 2 nitrogen and oxygen atoms in total. The van der Waals surface area contributed by atoms with Gasteiger partial charge < -0.3 is 9.84 Å². The van der Waals surface area contributed by atoms with Gasteiger partial charge in [0.1, 0.15) is 5.75 Å². The lowest BCUT2D eigenvalue weighted by Crippen LogP contribution is -2.06. The average Bonchev–Trinajstić information content (AvgIpc) is 2.08. The van der Waals surface area contributed by atoms with E-state index in [9.17, 15) is 5.11 Å². The Morgan fingerprint density at radius 3 is 2.77 bits per heavy atom. The molecule has 0 aliphatic heterocycles. The van der Waals surface area contributed by atoms with Crippen LogP contribution in [0.1, 0.15) is 12.5 Å². The van der Waals surface area contributed by atoms with Gasteiger partial charge in [0.05, 0.1) is 13.2 Å². The van der Waals surface area contributed by atoms with Gasteiger partial charge in [0, 0.05) is 17.0 Å². The van der Waals surface area contributed by atoms with Crippen molar-refractivity contribution < 1.29 is 9.84 Å². The maximum Gasteiger partial charge on any atom is 0.123 e. The number of aliphatic hydroxyl groups is 1. The normalized spacial score (nSPS) is 12.6. The summed E-state index contributed by atoms with van der Waals surface area (Å²) in [6.45, 7) is 1.72. The van der Waals surface area contributed by atoms with Crippen LogP contribution in [0.2, 0.25) is 5.02 Å². The van der Waals surface area contributed by atoms with E-state index in [1.807, 2.05) is 12.1 Å². The fraction of sp³-hybridized carbons (Fsp3) is 0.400. The Bertz CT molecular complexity index is 284. The third-order valence-corrected chi connectivity index (χ3v) is 2.15. The second-order valence-corrected chi connectivity index (χ2v) is 3.38. The highest BCUT2D eigenvalue weighted by atomic mass is 35.5. The fourth-order valence-corrected chi connectivity index (χ4v) is 1.47. The predicted molar refractivity (Wildman–Crippen MR) is 53.4 cm³/mol. The van der Waals surface area contributed by atoms with Crippen LogP contribution in [-0.4, -0.2) is 18.3 Å². The van der Waals surface area contributed by atoms with Crippen molar-refractivity contribution in [1.82, 2.24) is 0 Å². The zero-order chi connectivity index (χ0) is 9.84. The molecular weight excluding hydrogens is 188 g/mol. The molecule has 1 aromatic rings. The van der Waals surface area contributed by atoms with E-state index in [0.717, 1.165) is 11.3 Å². The monoisotopic (exact) mass is 200 g/mol. The van der Waals surface area contributed by atoms with E-state index in [-0.39, 0.29) is 0 Å². The first-order valence-electron chi connectivity index (χ1n) is 4.14. The van der Waals surface area contributed by atoms with Crippen molar-refractivity contribution in [2.45, 2.75) is 19.4 Å². The van der Waals surface area contributed by atoms with Crippen LogP contribution in [0.3, 0.4) is 0 Å². The van der Waals surface area contributed by atoms with E-state index in [1.165, 1.54) is 0 Å². The first-order chi connectivity index (χ1) is 6.15. The van der Waals surface area contributed by atoms with Gasteiger partial charge in [-0.2, -0.15) is 0 Å². The molecule has 13 heavy (non-hydrogen) atoms. The van der Waals surface area contributed by atoms with Gasteiger partial charge in [0.15, 0.2) is 0 Å². The number of halogens is 1. The summed E-state index contributed by atoms with van der Waals surface area (Å²) in [5.74, 6) is 0.730. The van der Waals surface area contributed by atoms with Crippen LogP contribution >= 0.6 is 11.6 Å². The van der Waals surface area contributed by atoms with Crippen LogP contribution in [0.4, 0.5) is 0 Å². The molecule has 0 heterocycles. The molecule has 0 amide bonds. The summed E-state index contributed by atoms with van der Waals surface area (Å²) in [7, 11) is 1.59. The predicted octanol–water partition coefficient (Wildman–Crippen LogP) is 2.27. The third-order valence-electron chi connectivity index (χ3n) is 1.80. The first-order valence-corrected chi connectivity index (χ1v) is 4.52. The lowest BCUT2D eigenvalue weighted by atomic mass is 10.1. The average molecular weight is 201 g/mol. The number of hydrogen-bond acceptors (Lipinski definition) is 2. The van der Waals surface area contributed by atoms with Gasteiger partial charge in [-0.25, -0.2) is 0 Å². The molecule has 1 atom stereocenters. The molecule has 0 saturated heterocycles. The Hall–Kier alpha value is -0.730. The maximum atomic E-state index is 9.24. The molecule has 0 aliphatic rings. The second-order valence-electron chi connectivity index (χ2n) is 2.97. The molecule has 0 aliphatic carbocycles. The van der Waals surface area contributed by atoms with Crippen molar-refractivity contribution in [3.05, 3.63) is 28.8 Å². The van der Waals surface area contributed by atoms with Gasteiger partial charge in [-0.1, -0.05) is 17.7 Å². The lowest BCUT2D eigenvalue weighted by Gasteiger charge is -2.11. The quantitative estimate of drug-likeness (QED) is 0.811. The van der Waals surface area contributed by atoms with Gasteiger partial charge in [-0.3, -0.25) is 0 Å². The number of hydrogen-bond donors (Lipinski definition) is 1. The summed E-state index contributed by atoms with van der Waals surface area (Å²) in [6, 6.07) is 5.46. The number of methoxy groups -OCH3 is 1. The van der Waals surface area contributed by atoms with E-state index < -0.39 is 6.10 Å². The Morgan fingerprint density at radius 1 is 1.54 bits per heavy atom. The minimum absolute atomic E-state index is 0.409.